The third kappa shape index (κ3) is 23.1. The number of halogens is 4. The Bertz CT molecular complexity index is 7110. The summed E-state index contributed by atoms with van der Waals surface area (Å²) in [6.45, 7) is 4.87. The molecule has 9 heterocycles. The van der Waals surface area contributed by atoms with Gasteiger partial charge in [-0.1, -0.05) is 134 Å². The van der Waals surface area contributed by atoms with Gasteiger partial charge in [0.05, 0.1) is 98.2 Å². The third-order valence-corrected chi connectivity index (χ3v) is 29.4. The Labute approximate surface area is 785 Å². The topological polar surface area (TPSA) is 406 Å². The molecule has 130 heavy (non-hydrogen) atoms. The van der Waals surface area contributed by atoms with Crippen molar-refractivity contribution >= 4 is 179 Å². The molecule has 0 bridgehead atoms. The van der Waals surface area contributed by atoms with E-state index >= 15 is 0 Å². The molecule has 0 amide bonds. The van der Waals surface area contributed by atoms with Crippen molar-refractivity contribution in [1.29, 1.82) is 0 Å². The minimum Gasteiger partial charge on any atom is -0.437 e. The predicted molar refractivity (Wildman–Crippen MR) is 519 cm³/mol. The summed E-state index contributed by atoms with van der Waals surface area (Å²) in [5.41, 5.74) is 12.6. The average molecular weight is 2090 g/mol. The Morgan fingerprint density at radius 3 is 0.962 bits per heavy atom. The van der Waals surface area contributed by atoms with E-state index in [-0.39, 0.29) is 44.8 Å². The number of fused-ring (bicyclic) bond motifs is 4. The molecule has 18 rings (SSSR count). The Balaban J connectivity index is 0.000000133. The van der Waals surface area contributed by atoms with Gasteiger partial charge in [-0.15, -0.1) is 0 Å². The maximum atomic E-state index is 12.9. The zero-order valence-corrected chi connectivity index (χ0v) is 79.6. The number of methoxy groups -OCH3 is 1. The van der Waals surface area contributed by atoms with E-state index < -0.39 is 53.2 Å². The molecule has 0 radical (unpaired) electrons. The van der Waals surface area contributed by atoms with Gasteiger partial charge in [0.15, 0.2) is 22.6 Å². The highest BCUT2D eigenvalue weighted by Gasteiger charge is 2.29. The van der Waals surface area contributed by atoms with Crippen LogP contribution >= 0.6 is 63.7 Å². The van der Waals surface area contributed by atoms with Gasteiger partial charge < -0.3 is 40.9 Å². The quantitative estimate of drug-likeness (QED) is 0.0161. The molecule has 1 saturated heterocycles. The van der Waals surface area contributed by atoms with Gasteiger partial charge in [-0.3, -0.25) is 0 Å². The zero-order valence-electron chi connectivity index (χ0n) is 70.0. The van der Waals surface area contributed by atoms with Gasteiger partial charge in [0, 0.05) is 101 Å². The number of hydrogen-bond acceptors (Lipinski definition) is 24. The Morgan fingerprint density at radius 1 is 0.408 bits per heavy atom. The fraction of sp³-hybridized carbons (Fsp3) is 0.191. The maximum Gasteiger partial charge on any atom is 0.376 e. The summed E-state index contributed by atoms with van der Waals surface area (Å²) in [5, 5.41) is 49.6. The standard InChI is InChI=1S/C24H26BBrN6O3S.C23H22BrN5O2S.2C21H20BrN5O3S/c1-25(33)31-13-11-19(12-14-31)30-36(34,35)20-9-7-18(8-10-20)28-23-15-22(17-5-3-2-4-6-17)29-24-21(26)16-27-32(23)24;24-20-15-25-29-22(14-21(27-23(20)29)16-6-2-1-3-7-16)26-17-10-12-19(13-11-17)32(30,31)28-18-8-4-5-9-18;1-14(13-28)26-31(29,30)17-9-7-16(8-10-17)24-20-11-19(15-5-3-2-4-6-15)25-21-18(22)12-23-27(20)21;1-30-12-11-24-31(28,29)17-9-7-16(8-10-17)25-20-13-19(15-5-3-2-4-6-15)26-21-18(22)14-23-27(20)21/h2-10,15-16,19,28,30,33H,11-14H2,1H3;1-3,6-7,10-15,18,26,28H,4-5,8-9H2;2-12,14,24,26,28H,13H2,1H3;2-10,13-14,24-25H,11-12H2,1H3. The smallest absolute Gasteiger partial charge is 0.376 e. The summed E-state index contributed by atoms with van der Waals surface area (Å²) in [4.78, 5) is 21.6. The summed E-state index contributed by atoms with van der Waals surface area (Å²) in [5.74, 6) is 2.79. The molecular formula is C89H88BBr4N21O11S4. The van der Waals surface area contributed by atoms with Crippen molar-refractivity contribution in [2.24, 2.45) is 0 Å². The van der Waals surface area contributed by atoms with Gasteiger partial charge in [-0.05, 0) is 213 Å². The van der Waals surface area contributed by atoms with E-state index in [1.165, 1.54) is 19.2 Å². The second-order valence-corrected chi connectivity index (χ2v) is 40.7. The number of aliphatic hydroxyl groups excluding tert-OH is 1. The lowest BCUT2D eigenvalue weighted by Crippen LogP contribution is -2.48. The van der Waals surface area contributed by atoms with Gasteiger partial charge in [-0.2, -0.15) is 38.5 Å². The molecule has 32 nitrogen and oxygen atoms in total. The van der Waals surface area contributed by atoms with Crippen LogP contribution in [0.2, 0.25) is 6.82 Å². The minimum atomic E-state index is -3.71. The van der Waals surface area contributed by atoms with E-state index in [4.69, 9.17) is 29.8 Å². The van der Waals surface area contributed by atoms with E-state index in [1.54, 1.807) is 142 Å². The molecular weight excluding hydrogens is 2000 g/mol. The normalized spacial score (nSPS) is 13.7. The molecule has 16 aromatic rings. The first-order valence-electron chi connectivity index (χ1n) is 41.1. The van der Waals surface area contributed by atoms with Gasteiger partial charge in [-0.25, -0.2) is 72.5 Å². The fourth-order valence-electron chi connectivity index (χ4n) is 14.3. The number of piperidine rings is 1. The van der Waals surface area contributed by atoms with Crippen molar-refractivity contribution in [1.82, 2.24) is 82.1 Å². The molecule has 1 unspecified atom stereocenters. The van der Waals surface area contributed by atoms with Crippen LogP contribution < -0.4 is 40.2 Å². The number of aliphatic hydroxyl groups is 1. The van der Waals surface area contributed by atoms with Gasteiger partial charge >= 0.3 is 7.05 Å². The van der Waals surface area contributed by atoms with Crippen LogP contribution in [0.25, 0.3) is 67.6 Å². The lowest BCUT2D eigenvalue weighted by molar-refractivity contribution is 0.204. The van der Waals surface area contributed by atoms with Gasteiger partial charge in [0.25, 0.3) is 0 Å². The second-order valence-electron chi connectivity index (χ2n) is 30.3. The van der Waals surface area contributed by atoms with Crippen molar-refractivity contribution in [2.75, 3.05) is 61.2 Å². The predicted octanol–water partition coefficient (Wildman–Crippen LogP) is 16.3. The van der Waals surface area contributed by atoms with Crippen LogP contribution in [0.5, 0.6) is 0 Å². The molecule has 10 N–H and O–H groups in total. The molecule has 2 fully saturated rings. The van der Waals surface area contributed by atoms with E-state index in [0.717, 1.165) is 106 Å². The number of aromatic nitrogens is 12. The van der Waals surface area contributed by atoms with Crippen molar-refractivity contribution in [3.63, 3.8) is 0 Å². The number of benzene rings is 8. The highest BCUT2D eigenvalue weighted by Crippen LogP contribution is 2.35. The maximum absolute atomic E-state index is 12.9. The van der Waals surface area contributed by atoms with Crippen molar-refractivity contribution in [2.45, 2.75) is 90.0 Å². The van der Waals surface area contributed by atoms with Crippen LogP contribution in [0.15, 0.2) is 305 Å². The molecule has 0 spiro atoms. The van der Waals surface area contributed by atoms with Gasteiger partial charge in [0.2, 0.25) is 40.1 Å². The second kappa shape index (κ2) is 42.0. The number of anilines is 8. The summed E-state index contributed by atoms with van der Waals surface area (Å²) in [6, 6.07) is 72.6. The highest BCUT2D eigenvalue weighted by molar-refractivity contribution is 9.11. The number of nitrogens with one attached hydrogen (secondary N) is 8. The van der Waals surface area contributed by atoms with Crippen molar-refractivity contribution < 1.29 is 48.5 Å². The molecule has 2 aliphatic rings. The highest BCUT2D eigenvalue weighted by atomic mass is 79.9. The first kappa shape index (κ1) is 93.6. The summed E-state index contributed by atoms with van der Waals surface area (Å²) in [6.07, 6.45) is 12.0. The SMILES string of the molecule is CB(O)N1CCC(NS(=O)(=O)c2ccc(Nc3cc(-c4ccccc4)nc4c(Br)cnn34)cc2)CC1.CC(CO)NS(=O)(=O)c1ccc(Nc2cc(-c3ccccc3)nc3c(Br)cnn23)cc1.COCCNS(=O)(=O)c1ccc(Nc2cc(-c3ccccc3)nc3c(Br)cnn23)cc1.O=S(=O)(NC1CCCC1)c1ccc(Nc2cc(-c3ccccc3)nc3c(Br)cnn23)cc1. The Kier molecular flexibility index (Phi) is 30.2. The minimum absolute atomic E-state index is 0.0394. The number of sulfonamides is 4. The van der Waals surface area contributed by atoms with Crippen molar-refractivity contribution in [3.05, 3.63) is 285 Å². The Morgan fingerprint density at radius 2 is 0.685 bits per heavy atom. The van der Waals surface area contributed by atoms with E-state index in [0.29, 0.717) is 84.0 Å². The van der Waals surface area contributed by atoms with Crippen molar-refractivity contribution in [3.8, 4) is 45.0 Å². The fourth-order valence-corrected chi connectivity index (χ4v) is 20.6. The number of nitrogens with zero attached hydrogens (tertiary/aromatic N) is 13. The first-order chi connectivity index (χ1) is 62.6. The molecule has 1 saturated carbocycles. The molecule has 670 valence electrons. The monoisotopic (exact) mass is 2080 g/mol. The van der Waals surface area contributed by atoms with Crippen LogP contribution in [0.3, 0.4) is 0 Å². The first-order valence-corrected chi connectivity index (χ1v) is 50.2. The number of rotatable bonds is 28. The lowest BCUT2D eigenvalue weighted by atomic mass is 9.82. The molecule has 1 aliphatic carbocycles. The third-order valence-electron chi connectivity index (χ3n) is 21.0. The largest absolute Gasteiger partial charge is 0.437 e. The van der Waals surface area contributed by atoms with Crippen LogP contribution in [0.1, 0.15) is 45.4 Å². The molecule has 41 heteroatoms. The zero-order chi connectivity index (χ0) is 91.3. The lowest BCUT2D eigenvalue weighted by Gasteiger charge is -2.32. The van der Waals surface area contributed by atoms with Crippen LogP contribution in [-0.4, -0.2) is 172 Å². The summed E-state index contributed by atoms with van der Waals surface area (Å²) in [7, 11) is -13.5. The van der Waals surface area contributed by atoms with E-state index in [9.17, 15) is 38.7 Å². The molecule has 1 atom stereocenters. The summed E-state index contributed by atoms with van der Waals surface area (Å²) >= 11 is 14.0. The van der Waals surface area contributed by atoms with Crippen LogP contribution in [-0.2, 0) is 44.8 Å². The number of hydrogen-bond donors (Lipinski definition) is 10. The van der Waals surface area contributed by atoms with Crippen LogP contribution in [0, 0.1) is 0 Å². The average Bonchev–Trinajstić information content (AvgIpc) is 1.64. The van der Waals surface area contributed by atoms with Crippen LogP contribution in [0.4, 0.5) is 46.0 Å². The van der Waals surface area contributed by atoms with E-state index in [1.807, 2.05) is 150 Å². The molecule has 8 aromatic heterocycles. The number of ether oxygens (including phenoxy) is 1. The summed E-state index contributed by atoms with van der Waals surface area (Å²) < 4.78 is 126. The Hall–Kier alpha value is -11.1. The van der Waals surface area contributed by atoms with Gasteiger partial charge in [0.1, 0.15) is 23.3 Å². The van der Waals surface area contributed by atoms with E-state index in [2.05, 4.69) is 124 Å². The molecule has 1 aliphatic heterocycles. The molecule has 8 aromatic carbocycles.